The second kappa shape index (κ2) is 3.54. The zero-order valence-electron chi connectivity index (χ0n) is 8.27. The molecule has 0 bridgehead atoms. The molecule has 0 saturated carbocycles. The summed E-state index contributed by atoms with van der Waals surface area (Å²) in [5.41, 5.74) is 2.02. The van der Waals surface area contributed by atoms with Gasteiger partial charge in [0, 0.05) is 12.3 Å². The molecule has 3 heteroatoms. The minimum Gasteiger partial charge on any atom is -0.497 e. The minimum atomic E-state index is 0.843. The molecular formula is C11H12N2O. The highest BCUT2D eigenvalue weighted by Crippen LogP contribution is 2.15. The third kappa shape index (κ3) is 1.62. The summed E-state index contributed by atoms with van der Waals surface area (Å²) in [6, 6.07) is 9.78. The van der Waals surface area contributed by atoms with Crippen molar-refractivity contribution in [2.75, 3.05) is 7.11 Å². The topological polar surface area (TPSA) is 27.1 Å². The average molecular weight is 188 g/mol. The predicted octanol–water partition coefficient (Wildman–Crippen LogP) is 2.19. The number of hydrogen-bond acceptors (Lipinski definition) is 2. The molecule has 2 aromatic rings. The number of rotatable bonds is 2. The quantitative estimate of drug-likeness (QED) is 0.722. The van der Waals surface area contributed by atoms with Crippen molar-refractivity contribution in [3.63, 3.8) is 0 Å². The Morgan fingerprint density at radius 3 is 2.79 bits per heavy atom. The second-order valence-electron chi connectivity index (χ2n) is 3.10. The maximum Gasteiger partial charge on any atom is 0.121 e. The summed E-state index contributed by atoms with van der Waals surface area (Å²) in [4.78, 5) is 0. The zero-order chi connectivity index (χ0) is 9.97. The first-order chi connectivity index (χ1) is 6.79. The van der Waals surface area contributed by atoms with Gasteiger partial charge in [-0.1, -0.05) is 6.07 Å². The first-order valence-electron chi connectivity index (χ1n) is 4.46. The fraction of sp³-hybridized carbons (Fsp3) is 0.182. The van der Waals surface area contributed by atoms with Crippen LogP contribution in [0.5, 0.6) is 5.75 Å². The van der Waals surface area contributed by atoms with Crippen molar-refractivity contribution < 1.29 is 4.74 Å². The van der Waals surface area contributed by atoms with Crippen LogP contribution in [0.2, 0.25) is 0 Å². The molecule has 2 rings (SSSR count). The minimum absolute atomic E-state index is 0.843. The van der Waals surface area contributed by atoms with Crippen molar-refractivity contribution in [2.45, 2.75) is 6.92 Å². The van der Waals surface area contributed by atoms with E-state index in [0.717, 1.165) is 17.1 Å². The summed E-state index contributed by atoms with van der Waals surface area (Å²) in [6.07, 6.45) is 1.93. The van der Waals surface area contributed by atoms with E-state index in [4.69, 9.17) is 4.74 Å². The summed E-state index contributed by atoms with van der Waals surface area (Å²) in [6.45, 7) is 1.97. The molecule has 0 amide bonds. The molecule has 0 saturated heterocycles. The highest BCUT2D eigenvalue weighted by atomic mass is 16.5. The Labute approximate surface area is 82.9 Å². The van der Waals surface area contributed by atoms with Gasteiger partial charge in [0.2, 0.25) is 0 Å². The van der Waals surface area contributed by atoms with E-state index in [1.165, 1.54) is 0 Å². The summed E-state index contributed by atoms with van der Waals surface area (Å²) >= 11 is 0. The van der Waals surface area contributed by atoms with Gasteiger partial charge in [-0.2, -0.15) is 5.10 Å². The number of benzene rings is 1. The van der Waals surface area contributed by atoms with Gasteiger partial charge >= 0.3 is 0 Å². The van der Waals surface area contributed by atoms with Crippen molar-refractivity contribution >= 4 is 0 Å². The van der Waals surface area contributed by atoms with Gasteiger partial charge in [0.15, 0.2) is 0 Å². The Morgan fingerprint density at radius 2 is 2.14 bits per heavy atom. The lowest BCUT2D eigenvalue weighted by molar-refractivity contribution is 0.414. The molecule has 1 aromatic heterocycles. The Hall–Kier alpha value is -1.77. The van der Waals surface area contributed by atoms with E-state index in [9.17, 15) is 0 Å². The number of aromatic nitrogens is 2. The molecule has 1 aromatic carbocycles. The van der Waals surface area contributed by atoms with Crippen LogP contribution in [0.25, 0.3) is 5.69 Å². The third-order valence-electron chi connectivity index (χ3n) is 2.04. The van der Waals surface area contributed by atoms with Crippen LogP contribution >= 0.6 is 0 Å². The van der Waals surface area contributed by atoms with E-state index in [1.807, 2.05) is 48.1 Å². The Balaban J connectivity index is 2.41. The maximum absolute atomic E-state index is 5.14. The van der Waals surface area contributed by atoms with Crippen LogP contribution < -0.4 is 4.74 Å². The first kappa shape index (κ1) is 8.81. The average Bonchev–Trinajstić information content (AvgIpc) is 2.65. The van der Waals surface area contributed by atoms with Gasteiger partial charge in [0.25, 0.3) is 0 Å². The Morgan fingerprint density at radius 1 is 1.29 bits per heavy atom. The van der Waals surface area contributed by atoms with E-state index >= 15 is 0 Å². The maximum atomic E-state index is 5.14. The molecule has 0 N–H and O–H groups in total. The van der Waals surface area contributed by atoms with Crippen molar-refractivity contribution in [1.29, 1.82) is 0 Å². The molecule has 14 heavy (non-hydrogen) atoms. The van der Waals surface area contributed by atoms with Crippen molar-refractivity contribution in [3.8, 4) is 11.4 Å². The Kier molecular flexibility index (Phi) is 2.23. The van der Waals surface area contributed by atoms with Crippen LogP contribution in [0.3, 0.4) is 0 Å². The summed E-state index contributed by atoms with van der Waals surface area (Å²) in [5, 5.41) is 4.32. The molecule has 1 heterocycles. The number of ether oxygens (including phenoxy) is 1. The lowest BCUT2D eigenvalue weighted by Gasteiger charge is -2.03. The van der Waals surface area contributed by atoms with Crippen LogP contribution in [0.4, 0.5) is 0 Å². The smallest absolute Gasteiger partial charge is 0.121 e. The van der Waals surface area contributed by atoms with Crippen LogP contribution in [-0.2, 0) is 0 Å². The molecule has 0 atom stereocenters. The van der Waals surface area contributed by atoms with Gasteiger partial charge in [-0.3, -0.25) is 0 Å². The van der Waals surface area contributed by atoms with E-state index in [2.05, 4.69) is 5.10 Å². The fourth-order valence-electron chi connectivity index (χ4n) is 1.31. The van der Waals surface area contributed by atoms with Gasteiger partial charge in [-0.25, -0.2) is 4.68 Å². The molecule has 0 fully saturated rings. The lowest BCUT2D eigenvalue weighted by atomic mass is 10.3. The molecule has 0 unspecified atom stereocenters. The lowest BCUT2D eigenvalue weighted by Crippen LogP contribution is -1.95. The third-order valence-corrected chi connectivity index (χ3v) is 2.04. The molecule has 0 aliphatic heterocycles. The van der Waals surface area contributed by atoms with Gasteiger partial charge in [-0.05, 0) is 25.1 Å². The van der Waals surface area contributed by atoms with Gasteiger partial charge in [0.05, 0.1) is 18.5 Å². The van der Waals surface area contributed by atoms with Crippen LogP contribution in [0.1, 0.15) is 5.69 Å². The SMILES string of the molecule is COc1cccc(-n2ccc(C)n2)c1. The normalized spacial score (nSPS) is 10.1. The predicted molar refractivity (Wildman–Crippen MR) is 54.9 cm³/mol. The monoisotopic (exact) mass is 188 g/mol. The molecular weight excluding hydrogens is 176 g/mol. The fourth-order valence-corrected chi connectivity index (χ4v) is 1.31. The van der Waals surface area contributed by atoms with Gasteiger partial charge in [-0.15, -0.1) is 0 Å². The molecule has 0 aliphatic carbocycles. The number of aryl methyl sites for hydroxylation is 1. The van der Waals surface area contributed by atoms with Crippen LogP contribution in [0.15, 0.2) is 36.5 Å². The number of methoxy groups -OCH3 is 1. The molecule has 0 aliphatic rings. The van der Waals surface area contributed by atoms with Gasteiger partial charge < -0.3 is 4.74 Å². The van der Waals surface area contributed by atoms with Crippen molar-refractivity contribution in [3.05, 3.63) is 42.2 Å². The zero-order valence-corrected chi connectivity index (χ0v) is 8.27. The van der Waals surface area contributed by atoms with E-state index < -0.39 is 0 Å². The second-order valence-corrected chi connectivity index (χ2v) is 3.10. The van der Waals surface area contributed by atoms with Gasteiger partial charge in [0.1, 0.15) is 5.75 Å². The van der Waals surface area contributed by atoms with E-state index in [0.29, 0.717) is 0 Å². The van der Waals surface area contributed by atoms with E-state index in [-0.39, 0.29) is 0 Å². The van der Waals surface area contributed by atoms with E-state index in [1.54, 1.807) is 7.11 Å². The summed E-state index contributed by atoms with van der Waals surface area (Å²) in [5.74, 6) is 0.843. The summed E-state index contributed by atoms with van der Waals surface area (Å²) in [7, 11) is 1.66. The standard InChI is InChI=1S/C11H12N2O/c1-9-6-7-13(12-9)10-4-3-5-11(8-10)14-2/h3-8H,1-2H3. The number of hydrogen-bond donors (Lipinski definition) is 0. The molecule has 3 nitrogen and oxygen atoms in total. The highest BCUT2D eigenvalue weighted by Gasteiger charge is 1.98. The molecule has 0 radical (unpaired) electrons. The highest BCUT2D eigenvalue weighted by molar-refractivity contribution is 5.38. The number of nitrogens with zero attached hydrogens (tertiary/aromatic N) is 2. The summed E-state index contributed by atoms with van der Waals surface area (Å²) < 4.78 is 6.97. The Bertz CT molecular complexity index is 434. The van der Waals surface area contributed by atoms with Crippen molar-refractivity contribution in [2.24, 2.45) is 0 Å². The van der Waals surface area contributed by atoms with Crippen molar-refractivity contribution in [1.82, 2.24) is 9.78 Å². The molecule has 72 valence electrons. The first-order valence-corrected chi connectivity index (χ1v) is 4.46. The van der Waals surface area contributed by atoms with Crippen LogP contribution in [-0.4, -0.2) is 16.9 Å². The van der Waals surface area contributed by atoms with Crippen LogP contribution in [0, 0.1) is 6.92 Å². The molecule has 0 spiro atoms. The largest absolute Gasteiger partial charge is 0.497 e.